The van der Waals surface area contributed by atoms with Crippen molar-refractivity contribution in [2.75, 3.05) is 18.5 Å². The number of hydrogen-bond acceptors (Lipinski definition) is 4. The summed E-state index contributed by atoms with van der Waals surface area (Å²) in [5.41, 5.74) is 0.281. The van der Waals surface area contributed by atoms with Crippen LogP contribution in [0.3, 0.4) is 0 Å². The molecule has 18 heavy (non-hydrogen) atoms. The summed E-state index contributed by atoms with van der Waals surface area (Å²) in [6.45, 7) is 4.59. The van der Waals surface area contributed by atoms with Crippen molar-refractivity contribution in [3.63, 3.8) is 0 Å². The molecule has 1 aromatic rings. The van der Waals surface area contributed by atoms with Crippen molar-refractivity contribution in [1.29, 1.82) is 0 Å². The number of pyridine rings is 1. The van der Waals surface area contributed by atoms with Crippen molar-refractivity contribution in [3.05, 3.63) is 22.3 Å². The molecule has 0 aliphatic heterocycles. The lowest BCUT2D eigenvalue weighted by Crippen LogP contribution is -2.10. The Morgan fingerprint density at radius 3 is 3.00 bits per heavy atom. The summed E-state index contributed by atoms with van der Waals surface area (Å²) in [6.07, 6.45) is 0.739. The van der Waals surface area contributed by atoms with Crippen LogP contribution < -0.4 is 5.32 Å². The molecule has 96 valence electrons. The van der Waals surface area contributed by atoms with E-state index in [9.17, 15) is 4.79 Å². The van der Waals surface area contributed by atoms with Gasteiger partial charge < -0.3 is 10.1 Å². The lowest BCUT2D eigenvalue weighted by molar-refractivity contribution is 0.0518. The number of carbonyl (C=O) groups excluding carboxylic acids is 1. The maximum atomic E-state index is 11.6. The van der Waals surface area contributed by atoms with Crippen LogP contribution in [-0.2, 0) is 4.74 Å². The van der Waals surface area contributed by atoms with Gasteiger partial charge >= 0.3 is 5.97 Å². The third kappa shape index (κ3) is 4.38. The summed E-state index contributed by atoms with van der Waals surface area (Å²) < 4.78 is 5.55. The molecule has 0 aliphatic rings. The molecule has 1 aromatic heterocycles. The second kappa shape index (κ2) is 7.72. The molecule has 4 nitrogen and oxygen atoms in total. The number of anilines is 1. The fourth-order valence-electron chi connectivity index (χ4n) is 1.26. The molecular weight excluding hydrogens is 296 g/mol. The van der Waals surface area contributed by atoms with Gasteiger partial charge in [0.1, 0.15) is 5.82 Å². The van der Waals surface area contributed by atoms with Gasteiger partial charge in [0.25, 0.3) is 0 Å². The number of nitrogens with one attached hydrogen (secondary N) is 1. The molecule has 0 fully saturated rings. The van der Waals surface area contributed by atoms with E-state index in [1.54, 1.807) is 26.0 Å². The van der Waals surface area contributed by atoms with Gasteiger partial charge in [0.15, 0.2) is 5.69 Å². The molecule has 0 unspecified atom stereocenters. The molecule has 1 N–H and O–H groups in total. The maximum absolute atomic E-state index is 11.6. The van der Waals surface area contributed by atoms with E-state index in [0.717, 1.165) is 6.42 Å². The second-order valence-corrected chi connectivity index (χ2v) is 4.21. The Morgan fingerprint density at radius 1 is 1.56 bits per heavy atom. The fraction of sp³-hybridized carbons (Fsp3) is 0.385. The average Bonchev–Trinajstić information content (AvgIpc) is 2.36. The number of ether oxygens (including phenoxy) is 1. The van der Waals surface area contributed by atoms with Gasteiger partial charge in [-0.05, 0) is 41.9 Å². The van der Waals surface area contributed by atoms with E-state index >= 15 is 0 Å². The predicted molar refractivity (Wildman–Crippen MR) is 74.5 cm³/mol. The minimum Gasteiger partial charge on any atom is -0.461 e. The molecule has 0 bridgehead atoms. The zero-order valence-electron chi connectivity index (χ0n) is 10.4. The van der Waals surface area contributed by atoms with E-state index in [-0.39, 0.29) is 5.69 Å². The van der Waals surface area contributed by atoms with E-state index < -0.39 is 5.97 Å². The summed E-state index contributed by atoms with van der Waals surface area (Å²) in [4.78, 5) is 15.8. The van der Waals surface area contributed by atoms with Gasteiger partial charge in [-0.1, -0.05) is 0 Å². The van der Waals surface area contributed by atoms with Crippen molar-refractivity contribution in [3.8, 4) is 11.8 Å². The van der Waals surface area contributed by atoms with Gasteiger partial charge in [-0.15, -0.1) is 11.8 Å². The first-order valence-electron chi connectivity index (χ1n) is 5.66. The topological polar surface area (TPSA) is 51.2 Å². The summed E-state index contributed by atoms with van der Waals surface area (Å²) >= 11 is 3.28. The van der Waals surface area contributed by atoms with Crippen LogP contribution in [-0.4, -0.2) is 24.1 Å². The Balaban J connectivity index is 2.73. The molecule has 0 radical (unpaired) electrons. The van der Waals surface area contributed by atoms with Crippen LogP contribution in [0.5, 0.6) is 0 Å². The normalized spacial score (nSPS) is 9.28. The number of nitrogens with zero attached hydrogens (tertiary/aromatic N) is 1. The van der Waals surface area contributed by atoms with Crippen LogP contribution in [0.15, 0.2) is 16.6 Å². The van der Waals surface area contributed by atoms with E-state index in [0.29, 0.717) is 23.4 Å². The number of hydrogen-bond donors (Lipinski definition) is 1. The number of carbonyl (C=O) groups is 1. The highest BCUT2D eigenvalue weighted by Gasteiger charge is 2.13. The van der Waals surface area contributed by atoms with E-state index in [2.05, 4.69) is 38.1 Å². The Labute approximate surface area is 115 Å². The van der Waals surface area contributed by atoms with Crippen molar-refractivity contribution < 1.29 is 9.53 Å². The SMILES string of the molecule is CC#CCCNc1ccc(Br)c(C(=O)OCC)n1. The third-order valence-electron chi connectivity index (χ3n) is 2.05. The molecular formula is C13H15BrN2O2. The summed E-state index contributed by atoms with van der Waals surface area (Å²) in [5.74, 6) is 5.97. The molecule has 1 heterocycles. The summed E-state index contributed by atoms with van der Waals surface area (Å²) in [5, 5.41) is 3.10. The molecule has 0 atom stereocenters. The van der Waals surface area contributed by atoms with Crippen molar-refractivity contribution in [2.45, 2.75) is 20.3 Å². The first kappa shape index (κ1) is 14.5. The molecule has 0 saturated heterocycles. The molecule has 0 saturated carbocycles. The van der Waals surface area contributed by atoms with Gasteiger partial charge in [0.05, 0.1) is 11.1 Å². The van der Waals surface area contributed by atoms with Crippen LogP contribution in [0.1, 0.15) is 30.8 Å². The van der Waals surface area contributed by atoms with Gasteiger partial charge in [0.2, 0.25) is 0 Å². The molecule has 0 aromatic carbocycles. The predicted octanol–water partition coefficient (Wildman–Crippen LogP) is 2.85. The minimum absolute atomic E-state index is 0.281. The highest BCUT2D eigenvalue weighted by molar-refractivity contribution is 9.10. The first-order valence-corrected chi connectivity index (χ1v) is 6.45. The molecule has 5 heteroatoms. The van der Waals surface area contributed by atoms with E-state index in [1.165, 1.54) is 0 Å². The summed E-state index contributed by atoms with van der Waals surface area (Å²) in [6, 6.07) is 3.57. The average molecular weight is 311 g/mol. The van der Waals surface area contributed by atoms with Crippen molar-refractivity contribution >= 4 is 27.7 Å². The number of rotatable bonds is 5. The van der Waals surface area contributed by atoms with Crippen LogP contribution in [0.2, 0.25) is 0 Å². The monoisotopic (exact) mass is 310 g/mol. The highest BCUT2D eigenvalue weighted by atomic mass is 79.9. The van der Waals surface area contributed by atoms with Gasteiger partial charge in [-0.3, -0.25) is 0 Å². The zero-order chi connectivity index (χ0) is 13.4. The van der Waals surface area contributed by atoms with Crippen molar-refractivity contribution in [1.82, 2.24) is 4.98 Å². The van der Waals surface area contributed by atoms with E-state index in [1.807, 2.05) is 0 Å². The maximum Gasteiger partial charge on any atom is 0.358 e. The van der Waals surface area contributed by atoms with Crippen LogP contribution >= 0.6 is 15.9 Å². The molecule has 1 rings (SSSR count). The fourth-order valence-corrected chi connectivity index (χ4v) is 1.64. The van der Waals surface area contributed by atoms with Crippen LogP contribution in [0.4, 0.5) is 5.82 Å². The molecule has 0 spiro atoms. The van der Waals surface area contributed by atoms with Gasteiger partial charge in [-0.2, -0.15) is 0 Å². The first-order chi connectivity index (χ1) is 8.69. The number of aromatic nitrogens is 1. The lowest BCUT2D eigenvalue weighted by Gasteiger charge is -2.07. The van der Waals surface area contributed by atoms with Gasteiger partial charge in [-0.25, -0.2) is 9.78 Å². The lowest BCUT2D eigenvalue weighted by atomic mass is 10.3. The number of halogens is 1. The largest absolute Gasteiger partial charge is 0.461 e. The second-order valence-electron chi connectivity index (χ2n) is 3.35. The van der Waals surface area contributed by atoms with Crippen molar-refractivity contribution in [2.24, 2.45) is 0 Å². The Hall–Kier alpha value is -1.54. The summed E-state index contributed by atoms with van der Waals surface area (Å²) in [7, 11) is 0. The Morgan fingerprint density at radius 2 is 2.33 bits per heavy atom. The van der Waals surface area contributed by atoms with E-state index in [4.69, 9.17) is 4.74 Å². The number of esters is 1. The van der Waals surface area contributed by atoms with Gasteiger partial charge in [0, 0.05) is 13.0 Å². The standard InChI is InChI=1S/C13H15BrN2O2/c1-3-5-6-9-15-11-8-7-10(14)12(16-11)13(17)18-4-2/h7-8H,4,6,9H2,1-2H3,(H,15,16). The minimum atomic E-state index is -0.429. The molecule has 0 amide bonds. The Bertz CT molecular complexity index is 478. The van der Waals surface area contributed by atoms with Crippen LogP contribution in [0.25, 0.3) is 0 Å². The Kier molecular flexibility index (Phi) is 6.23. The zero-order valence-corrected chi connectivity index (χ0v) is 12.0. The quantitative estimate of drug-likeness (QED) is 0.516. The molecule has 0 aliphatic carbocycles. The highest BCUT2D eigenvalue weighted by Crippen LogP contribution is 2.18. The third-order valence-corrected chi connectivity index (χ3v) is 2.69. The smallest absolute Gasteiger partial charge is 0.358 e. The van der Waals surface area contributed by atoms with Crippen LogP contribution in [0, 0.1) is 11.8 Å².